The molecule has 2 aromatic rings. The number of nitrogens with one attached hydrogen (secondary N) is 3. The van der Waals surface area contributed by atoms with Crippen LogP contribution in [-0.4, -0.2) is 39.4 Å². The monoisotopic (exact) mass is 473 g/mol. The molecule has 0 radical (unpaired) electrons. The third kappa shape index (κ3) is 7.03. The summed E-state index contributed by atoms with van der Waals surface area (Å²) in [5, 5.41) is 5.60. The van der Waals surface area contributed by atoms with Crippen LogP contribution in [0.2, 0.25) is 0 Å². The Bertz CT molecular complexity index is 1070. The van der Waals surface area contributed by atoms with Crippen molar-refractivity contribution in [1.82, 2.24) is 10.0 Å². The number of amides is 2. The van der Waals surface area contributed by atoms with Crippen LogP contribution in [0.15, 0.2) is 53.4 Å². The lowest BCUT2D eigenvalue weighted by Gasteiger charge is -2.26. The second-order valence-corrected chi connectivity index (χ2v) is 9.94. The second-order valence-electron chi connectivity index (χ2n) is 8.25. The number of rotatable bonds is 9. The quantitative estimate of drug-likeness (QED) is 0.518. The van der Waals surface area contributed by atoms with Crippen molar-refractivity contribution < 1.29 is 22.7 Å². The summed E-state index contributed by atoms with van der Waals surface area (Å²) in [6.07, 6.45) is 5.23. The minimum Gasteiger partial charge on any atom is -0.495 e. The molecule has 0 aliphatic heterocycles. The van der Waals surface area contributed by atoms with E-state index in [1.807, 2.05) is 30.3 Å². The van der Waals surface area contributed by atoms with Gasteiger partial charge in [0.25, 0.3) is 0 Å². The van der Waals surface area contributed by atoms with Crippen LogP contribution in [0.25, 0.3) is 0 Å². The van der Waals surface area contributed by atoms with E-state index in [0.717, 1.165) is 37.7 Å². The van der Waals surface area contributed by atoms with Gasteiger partial charge in [-0.15, -0.1) is 0 Å². The number of carbonyl (C=O) groups excluding carboxylic acids is 2. The molecule has 0 saturated heterocycles. The number of sulfonamides is 1. The summed E-state index contributed by atoms with van der Waals surface area (Å²) in [5.74, 6) is -0.570. The minimum atomic E-state index is -4.15. The second kappa shape index (κ2) is 11.3. The van der Waals surface area contributed by atoms with Gasteiger partial charge < -0.3 is 15.4 Å². The van der Waals surface area contributed by atoms with E-state index in [9.17, 15) is 18.0 Å². The number of benzene rings is 2. The van der Waals surface area contributed by atoms with Gasteiger partial charge in [-0.3, -0.25) is 9.59 Å². The zero-order valence-corrected chi connectivity index (χ0v) is 19.8. The zero-order chi connectivity index (χ0) is 23.8. The fraction of sp³-hybridized carbons (Fsp3) is 0.417. The van der Waals surface area contributed by atoms with Gasteiger partial charge in [0.05, 0.1) is 7.11 Å². The van der Waals surface area contributed by atoms with E-state index < -0.39 is 16.1 Å². The Kier molecular flexibility index (Phi) is 8.46. The van der Waals surface area contributed by atoms with Crippen LogP contribution in [0.1, 0.15) is 44.6 Å². The highest BCUT2D eigenvalue weighted by Crippen LogP contribution is 2.27. The molecule has 2 amide bonds. The molecule has 3 rings (SSSR count). The van der Waals surface area contributed by atoms with E-state index in [-0.39, 0.29) is 34.9 Å². The summed E-state index contributed by atoms with van der Waals surface area (Å²) >= 11 is 0. The average molecular weight is 474 g/mol. The summed E-state index contributed by atoms with van der Waals surface area (Å²) in [6.45, 7) is 1.34. The smallest absolute Gasteiger partial charge is 0.245 e. The molecule has 0 spiro atoms. The molecule has 0 bridgehead atoms. The maximum atomic E-state index is 13.4. The molecule has 0 unspecified atom stereocenters. The highest BCUT2D eigenvalue weighted by Gasteiger charge is 2.30. The first-order valence-corrected chi connectivity index (χ1v) is 12.6. The number of hydrogen-bond donors (Lipinski definition) is 3. The Morgan fingerprint density at radius 3 is 2.39 bits per heavy atom. The van der Waals surface area contributed by atoms with Crippen molar-refractivity contribution in [2.45, 2.75) is 62.4 Å². The van der Waals surface area contributed by atoms with Gasteiger partial charge in [0.1, 0.15) is 16.7 Å². The summed E-state index contributed by atoms with van der Waals surface area (Å²) in [5.41, 5.74) is 1.15. The van der Waals surface area contributed by atoms with E-state index in [1.54, 1.807) is 6.07 Å². The Morgan fingerprint density at radius 1 is 1.06 bits per heavy atom. The molecule has 1 aliphatic rings. The lowest BCUT2D eigenvalue weighted by atomic mass is 9.95. The SMILES string of the molecule is COc1ccc(NC(C)=O)cc1S(=O)(=O)N[C@@H](Cc1ccccc1)C(=O)NC1CCCCC1. The molecule has 1 saturated carbocycles. The van der Waals surface area contributed by atoms with E-state index in [4.69, 9.17) is 4.74 Å². The number of ether oxygens (including phenoxy) is 1. The average Bonchev–Trinajstić information content (AvgIpc) is 2.79. The molecule has 1 aliphatic carbocycles. The summed E-state index contributed by atoms with van der Waals surface area (Å²) < 4.78 is 34.5. The standard InChI is InChI=1S/C24H31N3O5S/c1-17(28)25-20-13-14-22(32-2)23(16-20)33(30,31)27-21(15-18-9-5-3-6-10-18)24(29)26-19-11-7-4-8-12-19/h3,5-6,9-10,13-14,16,19,21,27H,4,7-8,11-12,15H2,1-2H3,(H,25,28)(H,26,29)/t21-/m0/s1. The van der Waals surface area contributed by atoms with Gasteiger partial charge in [-0.2, -0.15) is 4.72 Å². The maximum absolute atomic E-state index is 13.4. The molecule has 1 atom stereocenters. The molecule has 8 nitrogen and oxygen atoms in total. The number of anilines is 1. The first-order chi connectivity index (χ1) is 15.8. The lowest BCUT2D eigenvalue weighted by Crippen LogP contribution is -2.51. The minimum absolute atomic E-state index is 0.0478. The van der Waals surface area contributed by atoms with Gasteiger partial charge in [-0.05, 0) is 43.0 Å². The zero-order valence-electron chi connectivity index (χ0n) is 19.0. The topological polar surface area (TPSA) is 114 Å². The van der Waals surface area contributed by atoms with Crippen molar-refractivity contribution in [1.29, 1.82) is 0 Å². The van der Waals surface area contributed by atoms with E-state index >= 15 is 0 Å². The number of methoxy groups -OCH3 is 1. The predicted octanol–water partition coefficient (Wildman–Crippen LogP) is 2.99. The third-order valence-electron chi connectivity index (χ3n) is 5.62. The molecule has 3 N–H and O–H groups in total. The molecular formula is C24H31N3O5S. The Labute approximate surface area is 195 Å². The Hall–Kier alpha value is -2.91. The van der Waals surface area contributed by atoms with Gasteiger partial charge in [0.15, 0.2) is 0 Å². The van der Waals surface area contributed by atoms with Crippen LogP contribution in [0, 0.1) is 0 Å². The molecule has 2 aromatic carbocycles. The molecule has 178 valence electrons. The van der Waals surface area contributed by atoms with E-state index in [1.165, 1.54) is 26.2 Å². The largest absolute Gasteiger partial charge is 0.495 e. The van der Waals surface area contributed by atoms with Crippen LogP contribution in [0.5, 0.6) is 5.75 Å². The maximum Gasteiger partial charge on any atom is 0.245 e. The van der Waals surface area contributed by atoms with Gasteiger partial charge in [-0.1, -0.05) is 49.6 Å². The highest BCUT2D eigenvalue weighted by atomic mass is 32.2. The normalized spacial score (nSPS) is 15.5. The van der Waals surface area contributed by atoms with Crippen molar-refractivity contribution in [2.75, 3.05) is 12.4 Å². The van der Waals surface area contributed by atoms with E-state index in [2.05, 4.69) is 15.4 Å². The summed E-state index contributed by atoms with van der Waals surface area (Å²) in [6, 6.07) is 12.6. The molecule has 1 fully saturated rings. The highest BCUT2D eigenvalue weighted by molar-refractivity contribution is 7.89. The van der Waals surface area contributed by atoms with Crippen LogP contribution in [0.4, 0.5) is 5.69 Å². The van der Waals surface area contributed by atoms with Gasteiger partial charge in [0, 0.05) is 18.7 Å². The molecule has 33 heavy (non-hydrogen) atoms. The Balaban J connectivity index is 1.88. The van der Waals surface area contributed by atoms with Crippen LogP contribution in [0.3, 0.4) is 0 Å². The van der Waals surface area contributed by atoms with Crippen LogP contribution in [-0.2, 0) is 26.0 Å². The third-order valence-corrected chi connectivity index (χ3v) is 7.11. The van der Waals surface area contributed by atoms with Crippen molar-refractivity contribution in [2.24, 2.45) is 0 Å². The number of hydrogen-bond acceptors (Lipinski definition) is 5. The van der Waals surface area contributed by atoms with Crippen LogP contribution >= 0.6 is 0 Å². The van der Waals surface area contributed by atoms with Crippen LogP contribution < -0.4 is 20.1 Å². The lowest BCUT2D eigenvalue weighted by molar-refractivity contribution is -0.123. The predicted molar refractivity (Wildman–Crippen MR) is 127 cm³/mol. The molecule has 0 aromatic heterocycles. The first-order valence-electron chi connectivity index (χ1n) is 11.1. The summed E-state index contributed by atoms with van der Waals surface area (Å²) in [7, 11) is -2.79. The summed E-state index contributed by atoms with van der Waals surface area (Å²) in [4.78, 5) is 24.4. The first kappa shape index (κ1) is 24.7. The van der Waals surface area contributed by atoms with Gasteiger partial charge in [-0.25, -0.2) is 8.42 Å². The number of carbonyl (C=O) groups is 2. The van der Waals surface area contributed by atoms with E-state index in [0.29, 0.717) is 5.69 Å². The van der Waals surface area contributed by atoms with Crippen molar-refractivity contribution in [3.63, 3.8) is 0 Å². The van der Waals surface area contributed by atoms with Gasteiger partial charge in [0.2, 0.25) is 21.8 Å². The fourth-order valence-corrected chi connectivity index (χ4v) is 5.40. The Morgan fingerprint density at radius 2 is 1.76 bits per heavy atom. The van der Waals surface area contributed by atoms with Crippen molar-refractivity contribution in [3.05, 3.63) is 54.1 Å². The molecular weight excluding hydrogens is 442 g/mol. The fourth-order valence-electron chi connectivity index (χ4n) is 4.00. The van der Waals surface area contributed by atoms with Crippen molar-refractivity contribution >= 4 is 27.5 Å². The van der Waals surface area contributed by atoms with Crippen molar-refractivity contribution in [3.8, 4) is 5.75 Å². The molecule has 0 heterocycles. The van der Waals surface area contributed by atoms with Gasteiger partial charge >= 0.3 is 0 Å². The molecule has 9 heteroatoms.